The van der Waals surface area contributed by atoms with Gasteiger partial charge in [0.1, 0.15) is 0 Å². The first-order chi connectivity index (χ1) is 8.39. The third-order valence-corrected chi connectivity index (χ3v) is 5.15. The molecule has 18 heavy (non-hydrogen) atoms. The molecule has 0 saturated carbocycles. The van der Waals surface area contributed by atoms with Crippen molar-refractivity contribution < 1.29 is 8.42 Å². The maximum atomic E-state index is 11.5. The van der Waals surface area contributed by atoms with Crippen LogP contribution in [0.15, 0.2) is 12.5 Å². The number of sulfone groups is 1. The molecule has 0 amide bonds. The molecule has 0 radical (unpaired) electrons. The standard InChI is InChI=1S/C12H21N3O2S/c1-9(2)5-11(13)12-6-14-8-15(12)10-3-4-18(16,17)7-10/h6,8-11H,3-5,7,13H2,1-2H3. The van der Waals surface area contributed by atoms with Crippen molar-refractivity contribution in [3.8, 4) is 0 Å². The summed E-state index contributed by atoms with van der Waals surface area (Å²) in [4.78, 5) is 4.13. The highest BCUT2D eigenvalue weighted by Crippen LogP contribution is 2.28. The number of nitrogens with two attached hydrogens (primary N) is 1. The minimum atomic E-state index is -2.88. The lowest BCUT2D eigenvalue weighted by Gasteiger charge is -2.19. The highest BCUT2D eigenvalue weighted by atomic mass is 32.2. The van der Waals surface area contributed by atoms with Gasteiger partial charge in [-0.05, 0) is 18.8 Å². The van der Waals surface area contributed by atoms with Gasteiger partial charge in [0, 0.05) is 18.3 Å². The third kappa shape index (κ3) is 2.92. The highest BCUT2D eigenvalue weighted by Gasteiger charge is 2.30. The minimum Gasteiger partial charge on any atom is -0.329 e. The Balaban J connectivity index is 2.18. The van der Waals surface area contributed by atoms with Crippen LogP contribution in [0.5, 0.6) is 0 Å². The molecule has 2 N–H and O–H groups in total. The van der Waals surface area contributed by atoms with Crippen LogP contribution in [0.2, 0.25) is 0 Å². The van der Waals surface area contributed by atoms with Gasteiger partial charge in [-0.2, -0.15) is 0 Å². The lowest BCUT2D eigenvalue weighted by Crippen LogP contribution is -2.20. The summed E-state index contributed by atoms with van der Waals surface area (Å²) >= 11 is 0. The fourth-order valence-electron chi connectivity index (χ4n) is 2.53. The van der Waals surface area contributed by atoms with Gasteiger partial charge in [0.2, 0.25) is 0 Å². The molecular formula is C12H21N3O2S. The van der Waals surface area contributed by atoms with Gasteiger partial charge in [0.15, 0.2) is 9.84 Å². The third-order valence-electron chi connectivity index (χ3n) is 3.40. The van der Waals surface area contributed by atoms with Crippen molar-refractivity contribution in [1.82, 2.24) is 9.55 Å². The molecule has 1 aromatic rings. The molecule has 1 fully saturated rings. The van der Waals surface area contributed by atoms with E-state index in [0.717, 1.165) is 12.1 Å². The van der Waals surface area contributed by atoms with E-state index in [1.165, 1.54) is 0 Å². The van der Waals surface area contributed by atoms with E-state index in [2.05, 4.69) is 18.8 Å². The predicted octanol–water partition coefficient (Wildman–Crippen LogP) is 1.29. The summed E-state index contributed by atoms with van der Waals surface area (Å²) in [6.07, 6.45) is 5.02. The lowest BCUT2D eigenvalue weighted by molar-refractivity contribution is 0.459. The molecule has 2 heterocycles. The Labute approximate surface area is 108 Å². The molecule has 0 aromatic carbocycles. The number of imidazole rings is 1. The molecule has 102 valence electrons. The number of hydrogen-bond donors (Lipinski definition) is 1. The molecule has 1 aliphatic rings. The smallest absolute Gasteiger partial charge is 0.152 e. The zero-order valence-electron chi connectivity index (χ0n) is 10.9. The van der Waals surface area contributed by atoms with E-state index in [9.17, 15) is 8.42 Å². The van der Waals surface area contributed by atoms with Crippen molar-refractivity contribution >= 4 is 9.84 Å². The van der Waals surface area contributed by atoms with Gasteiger partial charge in [-0.1, -0.05) is 13.8 Å². The maximum Gasteiger partial charge on any atom is 0.152 e. The van der Waals surface area contributed by atoms with E-state index in [1.807, 2.05) is 4.57 Å². The van der Waals surface area contributed by atoms with E-state index in [0.29, 0.717) is 12.3 Å². The average molecular weight is 271 g/mol. The first kappa shape index (κ1) is 13.5. The Morgan fingerprint density at radius 1 is 1.56 bits per heavy atom. The normalized spacial score (nSPS) is 24.6. The maximum absolute atomic E-state index is 11.5. The Morgan fingerprint density at radius 2 is 2.28 bits per heavy atom. The second-order valence-electron chi connectivity index (χ2n) is 5.52. The molecular weight excluding hydrogens is 250 g/mol. The molecule has 0 aliphatic carbocycles. The van der Waals surface area contributed by atoms with Gasteiger partial charge < -0.3 is 10.3 Å². The van der Waals surface area contributed by atoms with Crippen molar-refractivity contribution in [2.45, 2.75) is 38.8 Å². The van der Waals surface area contributed by atoms with Crippen molar-refractivity contribution in [1.29, 1.82) is 0 Å². The van der Waals surface area contributed by atoms with Crippen LogP contribution in [0, 0.1) is 5.92 Å². The SMILES string of the molecule is CC(C)CC(N)c1cncn1C1CCS(=O)(=O)C1. The van der Waals surface area contributed by atoms with E-state index in [-0.39, 0.29) is 23.6 Å². The second-order valence-corrected chi connectivity index (χ2v) is 7.75. The Morgan fingerprint density at radius 3 is 2.83 bits per heavy atom. The van der Waals surface area contributed by atoms with Crippen LogP contribution in [0.3, 0.4) is 0 Å². The largest absolute Gasteiger partial charge is 0.329 e. The van der Waals surface area contributed by atoms with Gasteiger partial charge in [-0.15, -0.1) is 0 Å². The lowest BCUT2D eigenvalue weighted by atomic mass is 10.0. The number of nitrogens with zero attached hydrogens (tertiary/aromatic N) is 2. The topological polar surface area (TPSA) is 78.0 Å². The summed E-state index contributed by atoms with van der Waals surface area (Å²) in [7, 11) is -2.88. The molecule has 1 aromatic heterocycles. The fourth-order valence-corrected chi connectivity index (χ4v) is 4.24. The molecule has 0 spiro atoms. The van der Waals surface area contributed by atoms with Crippen molar-refractivity contribution in [3.63, 3.8) is 0 Å². The summed E-state index contributed by atoms with van der Waals surface area (Å²) < 4.78 is 25.0. The van der Waals surface area contributed by atoms with Gasteiger partial charge in [0.25, 0.3) is 0 Å². The predicted molar refractivity (Wildman–Crippen MR) is 70.9 cm³/mol. The van der Waals surface area contributed by atoms with Crippen LogP contribution < -0.4 is 5.73 Å². The first-order valence-electron chi connectivity index (χ1n) is 6.37. The molecule has 2 unspecified atom stereocenters. The second kappa shape index (κ2) is 5.01. The van der Waals surface area contributed by atoms with Crippen molar-refractivity contribution in [2.75, 3.05) is 11.5 Å². The van der Waals surface area contributed by atoms with Crippen LogP contribution >= 0.6 is 0 Å². The molecule has 5 nitrogen and oxygen atoms in total. The monoisotopic (exact) mass is 271 g/mol. The fraction of sp³-hybridized carbons (Fsp3) is 0.750. The molecule has 6 heteroatoms. The van der Waals surface area contributed by atoms with Crippen LogP contribution in [0.4, 0.5) is 0 Å². The summed E-state index contributed by atoms with van der Waals surface area (Å²) in [5, 5.41) is 0. The van der Waals surface area contributed by atoms with Gasteiger partial charge >= 0.3 is 0 Å². The quantitative estimate of drug-likeness (QED) is 0.895. The molecule has 2 rings (SSSR count). The van der Waals surface area contributed by atoms with Crippen LogP contribution in [0.1, 0.15) is 44.5 Å². The summed E-state index contributed by atoms with van der Waals surface area (Å²) in [6.45, 7) is 4.25. The van der Waals surface area contributed by atoms with Crippen LogP contribution in [-0.4, -0.2) is 29.5 Å². The van der Waals surface area contributed by atoms with Crippen LogP contribution in [-0.2, 0) is 9.84 Å². The van der Waals surface area contributed by atoms with Gasteiger partial charge in [-0.25, -0.2) is 13.4 Å². The molecule has 1 aliphatic heterocycles. The summed E-state index contributed by atoms with van der Waals surface area (Å²) in [6, 6.07) is -0.0680. The molecule has 0 bridgehead atoms. The van der Waals surface area contributed by atoms with Gasteiger partial charge in [0.05, 0.1) is 23.5 Å². The Kier molecular flexibility index (Phi) is 3.77. The van der Waals surface area contributed by atoms with Crippen LogP contribution in [0.25, 0.3) is 0 Å². The highest BCUT2D eigenvalue weighted by molar-refractivity contribution is 7.91. The number of aromatic nitrogens is 2. The first-order valence-corrected chi connectivity index (χ1v) is 8.19. The van der Waals surface area contributed by atoms with E-state index >= 15 is 0 Å². The van der Waals surface area contributed by atoms with Gasteiger partial charge in [-0.3, -0.25) is 0 Å². The Hall–Kier alpha value is -0.880. The number of rotatable bonds is 4. The molecule has 1 saturated heterocycles. The van der Waals surface area contributed by atoms with E-state index in [1.54, 1.807) is 12.5 Å². The summed E-state index contributed by atoms with van der Waals surface area (Å²) in [5.74, 6) is 0.995. The minimum absolute atomic E-state index is 0.00529. The van der Waals surface area contributed by atoms with Crippen molar-refractivity contribution in [2.24, 2.45) is 11.7 Å². The zero-order valence-corrected chi connectivity index (χ0v) is 11.7. The van der Waals surface area contributed by atoms with E-state index < -0.39 is 9.84 Å². The van der Waals surface area contributed by atoms with Crippen molar-refractivity contribution in [3.05, 3.63) is 18.2 Å². The van der Waals surface area contributed by atoms with E-state index in [4.69, 9.17) is 5.73 Å². The average Bonchev–Trinajstić information content (AvgIpc) is 2.82. The summed E-state index contributed by atoms with van der Waals surface area (Å²) in [5.41, 5.74) is 7.12. The Bertz CT molecular complexity index is 507. The number of hydrogen-bond acceptors (Lipinski definition) is 4. The molecule has 2 atom stereocenters. The zero-order chi connectivity index (χ0) is 13.3.